The highest BCUT2D eigenvalue weighted by atomic mass is 16.2. The number of hydrogen-bond acceptors (Lipinski definition) is 3. The van der Waals surface area contributed by atoms with Crippen LogP contribution in [0.5, 0.6) is 0 Å². The molecule has 1 fully saturated rings. The number of amides is 3. The average molecular weight is 333 g/mol. The van der Waals surface area contributed by atoms with Crippen molar-refractivity contribution >= 4 is 11.9 Å². The van der Waals surface area contributed by atoms with Gasteiger partial charge >= 0.3 is 6.03 Å². The highest BCUT2D eigenvalue weighted by molar-refractivity contribution is 6.07. The molecule has 25 heavy (non-hydrogen) atoms. The molecule has 1 heterocycles. The lowest BCUT2D eigenvalue weighted by atomic mass is 9.91. The molecule has 0 bridgehead atoms. The van der Waals surface area contributed by atoms with Gasteiger partial charge in [-0.3, -0.25) is 9.69 Å². The zero-order valence-electron chi connectivity index (χ0n) is 14.5. The van der Waals surface area contributed by atoms with Gasteiger partial charge in [-0.1, -0.05) is 41.5 Å². The van der Waals surface area contributed by atoms with E-state index in [1.165, 1.54) is 4.90 Å². The van der Waals surface area contributed by atoms with Gasteiger partial charge in [-0.25, -0.2) is 4.79 Å². The molecule has 2 aromatic rings. The predicted octanol–water partition coefficient (Wildman–Crippen LogP) is 3.14. The molecule has 2 aromatic carbocycles. The molecular weight excluding hydrogens is 314 g/mol. The minimum atomic E-state index is -1.12. The maximum Gasteiger partial charge on any atom is 0.325 e. The summed E-state index contributed by atoms with van der Waals surface area (Å²) in [6.45, 7) is 5.90. The number of nitrogens with zero attached hydrogens (tertiary/aromatic N) is 2. The van der Waals surface area contributed by atoms with Crippen LogP contribution in [0.15, 0.2) is 42.5 Å². The Morgan fingerprint density at radius 1 is 1.08 bits per heavy atom. The van der Waals surface area contributed by atoms with E-state index in [0.717, 1.165) is 16.7 Å². The molecule has 0 radical (unpaired) electrons. The lowest BCUT2D eigenvalue weighted by molar-refractivity contribution is -0.131. The van der Waals surface area contributed by atoms with Crippen LogP contribution >= 0.6 is 0 Å². The summed E-state index contributed by atoms with van der Waals surface area (Å²) < 4.78 is 0. The Bertz CT molecular complexity index is 876. The normalized spacial score (nSPS) is 19.7. The van der Waals surface area contributed by atoms with Crippen LogP contribution in [0.4, 0.5) is 4.79 Å². The fraction of sp³-hybridized carbons (Fsp3) is 0.250. The number of rotatable bonds is 3. The van der Waals surface area contributed by atoms with Crippen molar-refractivity contribution in [3.8, 4) is 6.07 Å². The van der Waals surface area contributed by atoms with Crippen molar-refractivity contribution in [1.29, 1.82) is 5.26 Å². The van der Waals surface area contributed by atoms with Gasteiger partial charge in [0.1, 0.15) is 5.54 Å². The second kappa shape index (κ2) is 6.06. The van der Waals surface area contributed by atoms with Crippen molar-refractivity contribution < 1.29 is 9.59 Å². The predicted molar refractivity (Wildman–Crippen MR) is 93.5 cm³/mol. The van der Waals surface area contributed by atoms with E-state index in [1.807, 2.05) is 32.0 Å². The molecule has 5 heteroatoms. The highest BCUT2D eigenvalue weighted by Crippen LogP contribution is 2.30. The first-order valence-electron chi connectivity index (χ1n) is 8.05. The standard InChI is InChI=1S/C20H19N3O2/c1-13-8-14(2)10-16(9-13)12-23-18(24)20(3,22-19(23)25)17-6-4-15(11-21)5-7-17/h4-10H,12H2,1-3H3,(H,22,25)/t20-/m1/s1. The van der Waals surface area contributed by atoms with E-state index in [-0.39, 0.29) is 12.5 Å². The molecule has 126 valence electrons. The van der Waals surface area contributed by atoms with Gasteiger partial charge in [-0.15, -0.1) is 0 Å². The van der Waals surface area contributed by atoms with Gasteiger partial charge in [0.25, 0.3) is 5.91 Å². The van der Waals surface area contributed by atoms with Gasteiger partial charge in [0.2, 0.25) is 0 Å². The minimum Gasteiger partial charge on any atom is -0.319 e. The van der Waals surface area contributed by atoms with Crippen LogP contribution in [0, 0.1) is 25.2 Å². The summed E-state index contributed by atoms with van der Waals surface area (Å²) in [5.74, 6) is -0.290. The fourth-order valence-corrected chi connectivity index (χ4v) is 3.26. The smallest absolute Gasteiger partial charge is 0.319 e. The van der Waals surface area contributed by atoms with Crippen molar-refractivity contribution in [1.82, 2.24) is 10.2 Å². The van der Waals surface area contributed by atoms with Crippen molar-refractivity contribution in [2.24, 2.45) is 0 Å². The van der Waals surface area contributed by atoms with E-state index in [0.29, 0.717) is 11.1 Å². The lowest BCUT2D eigenvalue weighted by Crippen LogP contribution is -2.40. The van der Waals surface area contributed by atoms with Crippen LogP contribution in [0.2, 0.25) is 0 Å². The van der Waals surface area contributed by atoms with Gasteiger partial charge in [0.15, 0.2) is 0 Å². The topological polar surface area (TPSA) is 73.2 Å². The second-order valence-electron chi connectivity index (χ2n) is 6.63. The Morgan fingerprint density at radius 2 is 1.68 bits per heavy atom. The number of aryl methyl sites for hydroxylation is 2. The van der Waals surface area contributed by atoms with E-state index in [4.69, 9.17) is 5.26 Å². The van der Waals surface area contributed by atoms with Gasteiger partial charge in [0.05, 0.1) is 18.2 Å². The fourth-order valence-electron chi connectivity index (χ4n) is 3.26. The van der Waals surface area contributed by atoms with Gasteiger partial charge in [0, 0.05) is 0 Å². The second-order valence-corrected chi connectivity index (χ2v) is 6.63. The van der Waals surface area contributed by atoms with E-state index < -0.39 is 11.6 Å². The summed E-state index contributed by atoms with van der Waals surface area (Å²) in [7, 11) is 0. The third-order valence-corrected chi connectivity index (χ3v) is 4.49. The number of nitrogens with one attached hydrogen (secondary N) is 1. The summed E-state index contributed by atoms with van der Waals surface area (Å²) in [4.78, 5) is 26.6. The Hall–Kier alpha value is -3.13. The molecule has 1 atom stereocenters. The van der Waals surface area contributed by atoms with Crippen molar-refractivity contribution in [2.75, 3.05) is 0 Å². The first-order chi connectivity index (χ1) is 11.8. The molecule has 0 unspecified atom stereocenters. The molecule has 3 amide bonds. The summed E-state index contributed by atoms with van der Waals surface area (Å²) in [5, 5.41) is 11.7. The summed E-state index contributed by atoms with van der Waals surface area (Å²) >= 11 is 0. The maximum absolute atomic E-state index is 12.9. The average Bonchev–Trinajstić information content (AvgIpc) is 2.78. The van der Waals surface area contributed by atoms with E-state index in [2.05, 4.69) is 11.4 Å². The Labute approximate surface area is 146 Å². The molecule has 0 aromatic heterocycles. The van der Waals surface area contributed by atoms with Crippen LogP contribution in [0.3, 0.4) is 0 Å². The largest absolute Gasteiger partial charge is 0.325 e. The number of carbonyl (C=O) groups is 2. The Balaban J connectivity index is 1.89. The third-order valence-electron chi connectivity index (χ3n) is 4.49. The number of nitriles is 1. The third kappa shape index (κ3) is 2.99. The number of hydrogen-bond donors (Lipinski definition) is 1. The van der Waals surface area contributed by atoms with Crippen molar-refractivity contribution in [2.45, 2.75) is 32.9 Å². The number of imide groups is 1. The van der Waals surface area contributed by atoms with Gasteiger partial charge in [-0.05, 0) is 44.0 Å². The van der Waals surface area contributed by atoms with Gasteiger partial charge in [-0.2, -0.15) is 5.26 Å². The number of benzene rings is 2. The quantitative estimate of drug-likeness (QED) is 0.877. The highest BCUT2D eigenvalue weighted by Gasteiger charge is 2.48. The molecule has 1 N–H and O–H groups in total. The first-order valence-corrected chi connectivity index (χ1v) is 8.05. The van der Waals surface area contributed by atoms with Crippen LogP contribution in [-0.2, 0) is 16.9 Å². The molecule has 0 spiro atoms. The van der Waals surface area contributed by atoms with Crippen molar-refractivity contribution in [3.05, 3.63) is 70.3 Å². The minimum absolute atomic E-state index is 0.235. The van der Waals surface area contributed by atoms with E-state index >= 15 is 0 Å². The zero-order valence-corrected chi connectivity index (χ0v) is 14.5. The van der Waals surface area contributed by atoms with E-state index in [9.17, 15) is 9.59 Å². The zero-order chi connectivity index (χ0) is 18.2. The monoisotopic (exact) mass is 333 g/mol. The first kappa shape index (κ1) is 16.7. The van der Waals surface area contributed by atoms with Crippen LogP contribution in [0.25, 0.3) is 0 Å². The summed E-state index contributed by atoms with van der Waals surface area (Å²) in [5.41, 5.74) is 3.16. The lowest BCUT2D eigenvalue weighted by Gasteiger charge is -2.22. The molecule has 0 saturated carbocycles. The van der Waals surface area contributed by atoms with Crippen molar-refractivity contribution in [3.63, 3.8) is 0 Å². The molecule has 1 aliphatic rings. The van der Waals surface area contributed by atoms with Crippen LogP contribution in [0.1, 0.15) is 34.7 Å². The molecule has 5 nitrogen and oxygen atoms in total. The Kier molecular flexibility index (Phi) is 4.05. The Morgan fingerprint density at radius 3 is 2.24 bits per heavy atom. The number of urea groups is 1. The van der Waals surface area contributed by atoms with E-state index in [1.54, 1.807) is 31.2 Å². The molecule has 3 rings (SSSR count). The molecule has 0 aliphatic carbocycles. The maximum atomic E-state index is 12.9. The van der Waals surface area contributed by atoms with Crippen LogP contribution < -0.4 is 5.32 Å². The molecular formula is C20H19N3O2. The van der Waals surface area contributed by atoms with Gasteiger partial charge < -0.3 is 5.32 Å². The summed E-state index contributed by atoms with van der Waals surface area (Å²) in [6, 6.07) is 14.3. The van der Waals surface area contributed by atoms with Crippen LogP contribution in [-0.4, -0.2) is 16.8 Å². The molecule has 1 saturated heterocycles. The SMILES string of the molecule is Cc1cc(C)cc(CN2C(=O)N[C@](C)(c3ccc(C#N)cc3)C2=O)c1. The summed E-state index contributed by atoms with van der Waals surface area (Å²) in [6.07, 6.45) is 0. The molecule has 1 aliphatic heterocycles. The number of carbonyl (C=O) groups excluding carboxylic acids is 2.